The number of nitrogens with zero attached hydrogens (tertiary/aromatic N) is 4. The summed E-state index contributed by atoms with van der Waals surface area (Å²) in [5.41, 5.74) is -0.0258. The topological polar surface area (TPSA) is 63.2 Å². The monoisotopic (exact) mass is 331 g/mol. The number of nitrogens with one attached hydrogen (secondary N) is 1. The molecular formula is C16H21N5OS. The van der Waals surface area contributed by atoms with E-state index in [0.29, 0.717) is 5.95 Å². The molecule has 7 heteroatoms. The second-order valence-corrected chi connectivity index (χ2v) is 7.33. The van der Waals surface area contributed by atoms with Crippen molar-refractivity contribution in [1.82, 2.24) is 19.9 Å². The highest BCUT2D eigenvalue weighted by molar-refractivity contribution is 7.09. The molecule has 0 bridgehead atoms. The second kappa shape index (κ2) is 6.51. The van der Waals surface area contributed by atoms with Gasteiger partial charge < -0.3 is 10.1 Å². The van der Waals surface area contributed by atoms with Crippen LogP contribution < -0.4 is 5.32 Å². The van der Waals surface area contributed by atoms with E-state index in [9.17, 15) is 0 Å². The fourth-order valence-electron chi connectivity index (χ4n) is 3.63. The van der Waals surface area contributed by atoms with E-state index in [1.165, 1.54) is 11.4 Å². The minimum atomic E-state index is -0.0258. The zero-order chi connectivity index (χ0) is 15.5. The number of rotatable bonds is 4. The predicted molar refractivity (Wildman–Crippen MR) is 89.4 cm³/mol. The van der Waals surface area contributed by atoms with Gasteiger partial charge in [-0.1, -0.05) is 0 Å². The lowest BCUT2D eigenvalue weighted by Gasteiger charge is -2.39. The van der Waals surface area contributed by atoms with E-state index in [-0.39, 0.29) is 11.6 Å². The van der Waals surface area contributed by atoms with Crippen LogP contribution in [0.1, 0.15) is 24.3 Å². The van der Waals surface area contributed by atoms with Gasteiger partial charge in [0.2, 0.25) is 5.95 Å². The summed E-state index contributed by atoms with van der Waals surface area (Å²) in [6, 6.07) is 2.12. The molecule has 0 amide bonds. The van der Waals surface area contributed by atoms with E-state index in [4.69, 9.17) is 4.74 Å². The Labute approximate surface area is 139 Å². The molecule has 2 aromatic heterocycles. The Bertz CT molecular complexity index is 623. The average molecular weight is 331 g/mol. The number of ether oxygens (including phenoxy) is 1. The standard InChI is InChI=1S/C16H21N5OS/c1-3-16(12-21(7-1)10-14-17-6-8-23-14)9-13(11-22-16)20-15-18-4-2-5-19-15/h2,4-6,8,13H,1,3,7,9-12H2,(H,18,19,20)/t13-,16-/m1/s1. The molecule has 4 rings (SSSR count). The van der Waals surface area contributed by atoms with Crippen LogP contribution in [0.5, 0.6) is 0 Å². The van der Waals surface area contributed by atoms with Gasteiger partial charge in [0.1, 0.15) is 5.01 Å². The molecule has 2 aliphatic heterocycles. The highest BCUT2D eigenvalue weighted by atomic mass is 32.1. The summed E-state index contributed by atoms with van der Waals surface area (Å²) in [5, 5.41) is 6.63. The average Bonchev–Trinajstić information content (AvgIpc) is 3.19. The van der Waals surface area contributed by atoms with Gasteiger partial charge in [0.05, 0.1) is 24.8 Å². The second-order valence-electron chi connectivity index (χ2n) is 6.35. The van der Waals surface area contributed by atoms with Gasteiger partial charge in [-0.2, -0.15) is 0 Å². The third-order valence-electron chi connectivity index (χ3n) is 4.57. The molecular weight excluding hydrogens is 310 g/mol. The third kappa shape index (κ3) is 3.52. The predicted octanol–water partition coefficient (Wildman–Crippen LogP) is 2.17. The Morgan fingerprint density at radius 3 is 3.04 bits per heavy atom. The van der Waals surface area contributed by atoms with Crippen molar-refractivity contribution in [3.63, 3.8) is 0 Å². The Morgan fingerprint density at radius 2 is 2.22 bits per heavy atom. The molecule has 0 aromatic carbocycles. The van der Waals surface area contributed by atoms with Gasteiger partial charge in [-0.3, -0.25) is 4.90 Å². The van der Waals surface area contributed by atoms with Crippen LogP contribution in [0.2, 0.25) is 0 Å². The van der Waals surface area contributed by atoms with Gasteiger partial charge in [-0.05, 0) is 25.5 Å². The Morgan fingerprint density at radius 1 is 1.30 bits per heavy atom. The lowest BCUT2D eigenvalue weighted by atomic mass is 9.88. The van der Waals surface area contributed by atoms with Crippen molar-refractivity contribution >= 4 is 17.3 Å². The Balaban J connectivity index is 1.37. The van der Waals surface area contributed by atoms with Gasteiger partial charge in [0.15, 0.2) is 0 Å². The maximum Gasteiger partial charge on any atom is 0.222 e. The molecule has 1 N–H and O–H groups in total. The fraction of sp³-hybridized carbons (Fsp3) is 0.562. The highest BCUT2D eigenvalue weighted by Crippen LogP contribution is 2.36. The first-order valence-electron chi connectivity index (χ1n) is 8.10. The van der Waals surface area contributed by atoms with E-state index in [1.807, 2.05) is 17.6 Å². The van der Waals surface area contributed by atoms with Gasteiger partial charge >= 0.3 is 0 Å². The molecule has 0 radical (unpaired) electrons. The van der Waals surface area contributed by atoms with E-state index >= 15 is 0 Å². The molecule has 2 fully saturated rings. The third-order valence-corrected chi connectivity index (χ3v) is 5.33. The van der Waals surface area contributed by atoms with Crippen molar-refractivity contribution in [2.45, 2.75) is 37.5 Å². The zero-order valence-electron chi connectivity index (χ0n) is 13.0. The highest BCUT2D eigenvalue weighted by Gasteiger charge is 2.43. The summed E-state index contributed by atoms with van der Waals surface area (Å²) in [6.07, 6.45) is 8.73. The number of anilines is 1. The molecule has 0 aliphatic carbocycles. The molecule has 2 aliphatic rings. The zero-order valence-corrected chi connectivity index (χ0v) is 13.8. The van der Waals surface area contributed by atoms with Crippen LogP contribution in [0, 0.1) is 0 Å². The summed E-state index contributed by atoms with van der Waals surface area (Å²) < 4.78 is 6.24. The van der Waals surface area contributed by atoms with Crippen LogP contribution >= 0.6 is 11.3 Å². The summed E-state index contributed by atoms with van der Waals surface area (Å²) >= 11 is 1.73. The summed E-state index contributed by atoms with van der Waals surface area (Å²) in [7, 11) is 0. The van der Waals surface area contributed by atoms with Crippen LogP contribution in [-0.2, 0) is 11.3 Å². The summed E-state index contributed by atoms with van der Waals surface area (Å²) in [4.78, 5) is 15.4. The maximum atomic E-state index is 6.24. The van der Waals surface area contributed by atoms with Gasteiger partial charge in [0.25, 0.3) is 0 Å². The molecule has 0 saturated carbocycles. The van der Waals surface area contributed by atoms with Gasteiger partial charge in [0, 0.05) is 36.9 Å². The number of aromatic nitrogens is 3. The van der Waals surface area contributed by atoms with Crippen molar-refractivity contribution in [3.05, 3.63) is 35.0 Å². The van der Waals surface area contributed by atoms with E-state index in [2.05, 4.69) is 25.2 Å². The minimum Gasteiger partial charge on any atom is -0.371 e. The van der Waals surface area contributed by atoms with Crippen LogP contribution in [0.3, 0.4) is 0 Å². The van der Waals surface area contributed by atoms with Crippen molar-refractivity contribution < 1.29 is 4.74 Å². The van der Waals surface area contributed by atoms with Crippen LogP contribution in [0.15, 0.2) is 30.0 Å². The molecule has 23 heavy (non-hydrogen) atoms. The van der Waals surface area contributed by atoms with E-state index in [1.54, 1.807) is 23.7 Å². The van der Waals surface area contributed by atoms with Crippen LogP contribution in [0.25, 0.3) is 0 Å². The van der Waals surface area contributed by atoms with E-state index < -0.39 is 0 Å². The Kier molecular flexibility index (Phi) is 4.24. The Hall–Kier alpha value is -1.57. The number of likely N-dealkylation sites (tertiary alicyclic amines) is 1. The molecule has 2 aromatic rings. The van der Waals surface area contributed by atoms with Crippen LogP contribution in [0.4, 0.5) is 5.95 Å². The van der Waals surface area contributed by atoms with Gasteiger partial charge in [-0.25, -0.2) is 15.0 Å². The fourth-order valence-corrected chi connectivity index (χ4v) is 4.28. The largest absolute Gasteiger partial charge is 0.371 e. The summed E-state index contributed by atoms with van der Waals surface area (Å²) in [6.45, 7) is 3.77. The smallest absolute Gasteiger partial charge is 0.222 e. The molecule has 122 valence electrons. The first kappa shape index (κ1) is 15.0. The molecule has 6 nitrogen and oxygen atoms in total. The normalized spacial score (nSPS) is 28.3. The molecule has 4 heterocycles. The first-order chi connectivity index (χ1) is 11.3. The first-order valence-corrected chi connectivity index (χ1v) is 8.98. The van der Waals surface area contributed by atoms with Crippen molar-refractivity contribution in [2.75, 3.05) is 25.0 Å². The molecule has 2 atom stereocenters. The van der Waals surface area contributed by atoms with Crippen molar-refractivity contribution in [1.29, 1.82) is 0 Å². The number of piperidine rings is 1. The van der Waals surface area contributed by atoms with Crippen LogP contribution in [-0.4, -0.2) is 51.2 Å². The number of hydrogen-bond acceptors (Lipinski definition) is 7. The molecule has 1 spiro atoms. The minimum absolute atomic E-state index is 0.0258. The SMILES string of the molecule is c1cnc(N[C@H]2CO[C@]3(CCCN(Cc4nccs4)C3)C2)nc1. The number of hydrogen-bond donors (Lipinski definition) is 1. The van der Waals surface area contributed by atoms with Crippen molar-refractivity contribution in [2.24, 2.45) is 0 Å². The van der Waals surface area contributed by atoms with Crippen molar-refractivity contribution in [3.8, 4) is 0 Å². The maximum absolute atomic E-state index is 6.24. The number of thiazole rings is 1. The quantitative estimate of drug-likeness (QED) is 0.926. The summed E-state index contributed by atoms with van der Waals surface area (Å²) in [5.74, 6) is 0.689. The molecule has 2 saturated heterocycles. The lowest BCUT2D eigenvalue weighted by molar-refractivity contribution is -0.0533. The lowest BCUT2D eigenvalue weighted by Crippen LogP contribution is -2.47. The van der Waals surface area contributed by atoms with E-state index in [0.717, 1.165) is 39.1 Å². The van der Waals surface area contributed by atoms with Gasteiger partial charge in [-0.15, -0.1) is 11.3 Å². The molecule has 0 unspecified atom stereocenters.